The minimum absolute atomic E-state index is 0.500. The van der Waals surface area contributed by atoms with E-state index in [0.717, 1.165) is 46.1 Å². The number of nitrogens with zero attached hydrogens (tertiary/aromatic N) is 2. The molecule has 0 atom stereocenters. The second-order valence-corrected chi connectivity index (χ2v) is 7.10. The van der Waals surface area contributed by atoms with Crippen molar-refractivity contribution in [3.8, 4) is 22.9 Å². The van der Waals surface area contributed by atoms with Crippen molar-refractivity contribution in [1.82, 2.24) is 9.97 Å². The molecule has 1 heterocycles. The Kier molecular flexibility index (Phi) is 5.77. The van der Waals surface area contributed by atoms with Gasteiger partial charge in [0, 0.05) is 12.7 Å². The van der Waals surface area contributed by atoms with Gasteiger partial charge in [0.25, 0.3) is 0 Å². The van der Waals surface area contributed by atoms with Gasteiger partial charge in [-0.1, -0.05) is 6.07 Å². The van der Waals surface area contributed by atoms with Gasteiger partial charge in [0.05, 0.1) is 24.6 Å². The molecule has 3 rings (SSSR count). The molecule has 1 aromatic heterocycles. The van der Waals surface area contributed by atoms with Crippen LogP contribution in [0.25, 0.3) is 11.3 Å². The van der Waals surface area contributed by atoms with E-state index >= 15 is 0 Å². The summed E-state index contributed by atoms with van der Waals surface area (Å²) in [5.41, 5.74) is 5.80. The number of benzene rings is 1. The van der Waals surface area contributed by atoms with Gasteiger partial charge in [-0.3, -0.25) is 0 Å². The summed E-state index contributed by atoms with van der Waals surface area (Å²) in [5.74, 6) is 2.16. The highest BCUT2D eigenvalue weighted by atomic mass is 16.5. The zero-order chi connectivity index (χ0) is 18.7. The van der Waals surface area contributed by atoms with E-state index in [2.05, 4.69) is 24.9 Å². The van der Waals surface area contributed by atoms with Crippen molar-refractivity contribution < 1.29 is 14.2 Å². The van der Waals surface area contributed by atoms with E-state index < -0.39 is 0 Å². The fraction of sp³-hybridized carbons (Fsp3) is 0.524. The molecule has 26 heavy (non-hydrogen) atoms. The molecule has 5 nitrogen and oxygen atoms in total. The topological polar surface area (TPSA) is 53.5 Å². The molecule has 0 saturated heterocycles. The molecule has 5 heteroatoms. The molecule has 1 aliphatic carbocycles. The van der Waals surface area contributed by atoms with Crippen molar-refractivity contribution in [3.63, 3.8) is 0 Å². The molecule has 2 aromatic rings. The van der Waals surface area contributed by atoms with Crippen LogP contribution >= 0.6 is 0 Å². The lowest BCUT2D eigenvalue weighted by Crippen LogP contribution is -2.09. The molecule has 1 aliphatic rings. The van der Waals surface area contributed by atoms with Crippen molar-refractivity contribution in [3.05, 3.63) is 34.6 Å². The number of hydrogen-bond acceptors (Lipinski definition) is 5. The van der Waals surface area contributed by atoms with Gasteiger partial charge in [-0.2, -0.15) is 0 Å². The van der Waals surface area contributed by atoms with Gasteiger partial charge in [0.15, 0.2) is 0 Å². The van der Waals surface area contributed by atoms with E-state index in [1.54, 1.807) is 7.11 Å². The summed E-state index contributed by atoms with van der Waals surface area (Å²) < 4.78 is 17.0. The molecule has 0 radical (unpaired) electrons. The van der Waals surface area contributed by atoms with Gasteiger partial charge >= 0.3 is 0 Å². The SMILES string of the molecule is COCCOc1cc(C)cc(C)c1-c1nc(C)c(OCC2CC2)nc1C. The normalized spacial score (nSPS) is 13.7. The highest BCUT2D eigenvalue weighted by Crippen LogP contribution is 2.36. The average Bonchev–Trinajstić information content (AvgIpc) is 3.40. The van der Waals surface area contributed by atoms with Crippen LogP contribution in [-0.4, -0.2) is 36.9 Å². The van der Waals surface area contributed by atoms with E-state index in [-0.39, 0.29) is 0 Å². The Morgan fingerprint density at radius 1 is 0.962 bits per heavy atom. The minimum atomic E-state index is 0.500. The third kappa shape index (κ3) is 4.33. The Labute approximate surface area is 155 Å². The monoisotopic (exact) mass is 356 g/mol. The van der Waals surface area contributed by atoms with Crippen molar-refractivity contribution >= 4 is 0 Å². The highest BCUT2D eigenvalue weighted by molar-refractivity contribution is 5.73. The Balaban J connectivity index is 1.95. The molecular weight excluding hydrogens is 328 g/mol. The molecule has 1 aromatic carbocycles. The summed E-state index contributed by atoms with van der Waals surface area (Å²) in [7, 11) is 1.67. The lowest BCUT2D eigenvalue weighted by atomic mass is 10.00. The third-order valence-electron chi connectivity index (χ3n) is 4.58. The van der Waals surface area contributed by atoms with Crippen molar-refractivity contribution in [1.29, 1.82) is 0 Å². The van der Waals surface area contributed by atoms with Gasteiger partial charge in [0.2, 0.25) is 5.88 Å². The second-order valence-electron chi connectivity index (χ2n) is 7.10. The summed E-state index contributed by atoms with van der Waals surface area (Å²) >= 11 is 0. The molecule has 1 fully saturated rings. The number of aryl methyl sites for hydroxylation is 4. The van der Waals surface area contributed by atoms with Crippen LogP contribution < -0.4 is 9.47 Å². The molecule has 0 amide bonds. The summed E-state index contributed by atoms with van der Waals surface area (Å²) in [6.07, 6.45) is 2.52. The minimum Gasteiger partial charge on any atom is -0.490 e. The number of methoxy groups -OCH3 is 1. The van der Waals surface area contributed by atoms with E-state index in [1.165, 1.54) is 12.8 Å². The first-order valence-electron chi connectivity index (χ1n) is 9.21. The fourth-order valence-electron chi connectivity index (χ4n) is 3.02. The smallest absolute Gasteiger partial charge is 0.235 e. The molecular formula is C21H28N2O3. The quantitative estimate of drug-likeness (QED) is 0.664. The van der Waals surface area contributed by atoms with Gasteiger partial charge < -0.3 is 14.2 Å². The first kappa shape index (κ1) is 18.6. The third-order valence-corrected chi connectivity index (χ3v) is 4.58. The van der Waals surface area contributed by atoms with Crippen LogP contribution in [0.3, 0.4) is 0 Å². The molecule has 140 valence electrons. The standard InChI is InChI=1S/C21H28N2O3/c1-13-10-14(2)19(18(11-13)25-9-8-24-5)20-15(3)23-21(16(4)22-20)26-12-17-6-7-17/h10-11,17H,6-9,12H2,1-5H3. The van der Waals surface area contributed by atoms with Crippen LogP contribution in [0.5, 0.6) is 11.6 Å². The van der Waals surface area contributed by atoms with E-state index in [4.69, 9.17) is 19.2 Å². The number of aromatic nitrogens is 2. The van der Waals surface area contributed by atoms with Crippen LogP contribution in [0.2, 0.25) is 0 Å². The summed E-state index contributed by atoms with van der Waals surface area (Å²) in [5, 5.41) is 0. The molecule has 0 N–H and O–H groups in total. The molecule has 0 aliphatic heterocycles. The first-order chi connectivity index (χ1) is 12.5. The predicted molar refractivity (Wildman–Crippen MR) is 102 cm³/mol. The zero-order valence-electron chi connectivity index (χ0n) is 16.4. The fourth-order valence-corrected chi connectivity index (χ4v) is 3.02. The van der Waals surface area contributed by atoms with Gasteiger partial charge in [0.1, 0.15) is 18.1 Å². The Morgan fingerprint density at radius 3 is 2.42 bits per heavy atom. The number of rotatable bonds is 8. The lowest BCUT2D eigenvalue weighted by Gasteiger charge is -2.17. The maximum absolute atomic E-state index is 5.98. The van der Waals surface area contributed by atoms with Crippen molar-refractivity contribution in [2.24, 2.45) is 5.92 Å². The highest BCUT2D eigenvalue weighted by Gasteiger charge is 2.23. The molecule has 0 unspecified atom stereocenters. The number of ether oxygens (including phenoxy) is 3. The summed E-state index contributed by atoms with van der Waals surface area (Å²) in [4.78, 5) is 9.51. The van der Waals surface area contributed by atoms with Gasteiger partial charge in [-0.15, -0.1) is 0 Å². The summed E-state index contributed by atoms with van der Waals surface area (Å²) in [6, 6.07) is 4.19. The van der Waals surface area contributed by atoms with E-state index in [1.807, 2.05) is 19.9 Å². The Bertz CT molecular complexity index is 785. The molecule has 0 bridgehead atoms. The average molecular weight is 356 g/mol. The van der Waals surface area contributed by atoms with Crippen LogP contribution in [0.4, 0.5) is 0 Å². The van der Waals surface area contributed by atoms with Crippen LogP contribution in [0, 0.1) is 33.6 Å². The predicted octanol–water partition coefficient (Wildman–Crippen LogP) is 4.19. The van der Waals surface area contributed by atoms with Crippen molar-refractivity contribution in [2.45, 2.75) is 40.5 Å². The zero-order valence-corrected chi connectivity index (χ0v) is 16.4. The first-order valence-corrected chi connectivity index (χ1v) is 9.21. The van der Waals surface area contributed by atoms with Crippen LogP contribution in [0.15, 0.2) is 12.1 Å². The van der Waals surface area contributed by atoms with Crippen LogP contribution in [0.1, 0.15) is 35.4 Å². The maximum Gasteiger partial charge on any atom is 0.235 e. The lowest BCUT2D eigenvalue weighted by molar-refractivity contribution is 0.146. The number of hydrogen-bond donors (Lipinski definition) is 0. The Morgan fingerprint density at radius 2 is 1.73 bits per heavy atom. The van der Waals surface area contributed by atoms with Crippen LogP contribution in [-0.2, 0) is 4.74 Å². The largest absolute Gasteiger partial charge is 0.490 e. The van der Waals surface area contributed by atoms with E-state index in [0.29, 0.717) is 25.0 Å². The van der Waals surface area contributed by atoms with Crippen molar-refractivity contribution in [2.75, 3.05) is 26.9 Å². The van der Waals surface area contributed by atoms with Gasteiger partial charge in [-0.05, 0) is 63.6 Å². The second kappa shape index (κ2) is 8.04. The summed E-state index contributed by atoms with van der Waals surface area (Å²) in [6.45, 7) is 9.86. The maximum atomic E-state index is 5.98. The Hall–Kier alpha value is -2.14. The van der Waals surface area contributed by atoms with Gasteiger partial charge in [-0.25, -0.2) is 9.97 Å². The molecule has 1 saturated carbocycles. The van der Waals surface area contributed by atoms with E-state index in [9.17, 15) is 0 Å². The molecule has 0 spiro atoms.